The fraction of sp³-hybridized carbons (Fsp3) is 0.444. The van der Waals surface area contributed by atoms with Crippen LogP contribution in [0.25, 0.3) is 0 Å². The van der Waals surface area contributed by atoms with Gasteiger partial charge in [-0.15, -0.1) is 0 Å². The van der Waals surface area contributed by atoms with Crippen molar-refractivity contribution < 1.29 is 4.39 Å². The maximum atomic E-state index is 13.8. The number of nitrogens with one attached hydrogen (secondary N) is 2. The third kappa shape index (κ3) is 6.86. The molecule has 2 rings (SSSR count). The Morgan fingerprint density at radius 3 is 2.68 bits per heavy atom. The summed E-state index contributed by atoms with van der Waals surface area (Å²) in [5, 5.41) is 10.8. The summed E-state index contributed by atoms with van der Waals surface area (Å²) in [6.07, 6.45) is 6.40. The third-order valence-corrected chi connectivity index (χ3v) is 4.27. The van der Waals surface area contributed by atoms with Crippen LogP contribution in [0.15, 0.2) is 40.1 Å². The molecule has 0 aliphatic heterocycles. The van der Waals surface area contributed by atoms with E-state index in [9.17, 15) is 4.39 Å². The van der Waals surface area contributed by atoms with Crippen molar-refractivity contribution in [3.05, 3.63) is 52.0 Å². The molecule has 0 amide bonds. The molecule has 2 aromatic rings. The zero-order valence-corrected chi connectivity index (χ0v) is 16.3. The smallest absolute Gasteiger partial charge is 0.190 e. The lowest BCUT2D eigenvalue weighted by molar-refractivity contribution is 0.569. The Labute approximate surface area is 156 Å². The molecule has 0 radical (unpaired) electrons. The lowest BCUT2D eigenvalue weighted by atomic mass is 10.1. The van der Waals surface area contributed by atoms with Crippen LogP contribution in [0, 0.1) is 12.7 Å². The Balaban J connectivity index is 1.61. The number of hydrogen-bond donors (Lipinski definition) is 2. The molecule has 1 aromatic carbocycles. The Bertz CT molecular complexity index is 699. The predicted molar refractivity (Wildman–Crippen MR) is 103 cm³/mol. The van der Waals surface area contributed by atoms with Gasteiger partial charge in [-0.1, -0.05) is 22.0 Å². The number of halogens is 2. The highest BCUT2D eigenvalue weighted by atomic mass is 79.9. The fourth-order valence-electron chi connectivity index (χ4n) is 2.47. The van der Waals surface area contributed by atoms with E-state index in [-0.39, 0.29) is 5.82 Å². The molecule has 2 N–H and O–H groups in total. The fourth-order valence-corrected chi connectivity index (χ4v) is 2.80. The molecule has 0 saturated heterocycles. The van der Waals surface area contributed by atoms with Crippen LogP contribution in [0.3, 0.4) is 0 Å². The van der Waals surface area contributed by atoms with Gasteiger partial charge in [-0.25, -0.2) is 4.39 Å². The quantitative estimate of drug-likeness (QED) is 0.399. The van der Waals surface area contributed by atoms with Crippen molar-refractivity contribution in [3.8, 4) is 0 Å². The van der Waals surface area contributed by atoms with Crippen molar-refractivity contribution >= 4 is 21.9 Å². The summed E-state index contributed by atoms with van der Waals surface area (Å²) in [7, 11) is 1.75. The maximum absolute atomic E-state index is 13.8. The van der Waals surface area contributed by atoms with Crippen LogP contribution >= 0.6 is 15.9 Å². The molecule has 5 nitrogen and oxygen atoms in total. The van der Waals surface area contributed by atoms with Crippen LogP contribution in [-0.2, 0) is 13.0 Å². The van der Waals surface area contributed by atoms with Crippen molar-refractivity contribution in [3.63, 3.8) is 0 Å². The molecule has 1 aromatic heterocycles. The second-order valence-electron chi connectivity index (χ2n) is 5.90. The highest BCUT2D eigenvalue weighted by molar-refractivity contribution is 9.10. The molecule has 1 heterocycles. The first-order chi connectivity index (χ1) is 12.1. The molecule has 0 aliphatic carbocycles. The number of guanidine groups is 1. The Morgan fingerprint density at radius 1 is 1.28 bits per heavy atom. The SMILES string of the molecule is CN=C(NCCCc1ccc(Br)cc1F)NCCCn1cc(C)cn1. The highest BCUT2D eigenvalue weighted by Crippen LogP contribution is 2.16. The first kappa shape index (κ1) is 19.4. The molecule has 0 unspecified atom stereocenters. The molecular formula is C18H25BrFN5. The number of aryl methyl sites for hydroxylation is 3. The predicted octanol–water partition coefficient (Wildman–Crippen LogP) is 3.28. The van der Waals surface area contributed by atoms with E-state index in [0.29, 0.717) is 6.42 Å². The van der Waals surface area contributed by atoms with E-state index in [1.807, 2.05) is 36.1 Å². The van der Waals surface area contributed by atoms with E-state index >= 15 is 0 Å². The van der Waals surface area contributed by atoms with Crippen LogP contribution in [0.2, 0.25) is 0 Å². The van der Waals surface area contributed by atoms with Crippen molar-refractivity contribution in [1.29, 1.82) is 0 Å². The van der Waals surface area contributed by atoms with Gasteiger partial charge in [-0.05, 0) is 49.4 Å². The molecule has 0 saturated carbocycles. The molecule has 136 valence electrons. The lowest BCUT2D eigenvalue weighted by Gasteiger charge is -2.12. The summed E-state index contributed by atoms with van der Waals surface area (Å²) < 4.78 is 16.5. The van der Waals surface area contributed by atoms with Gasteiger partial charge in [0.25, 0.3) is 0 Å². The summed E-state index contributed by atoms with van der Waals surface area (Å²) in [5.41, 5.74) is 1.91. The van der Waals surface area contributed by atoms with Crippen molar-refractivity contribution in [2.75, 3.05) is 20.1 Å². The van der Waals surface area contributed by atoms with Crippen molar-refractivity contribution in [2.24, 2.45) is 4.99 Å². The molecule has 7 heteroatoms. The van der Waals surface area contributed by atoms with Gasteiger partial charge in [-0.2, -0.15) is 5.10 Å². The van der Waals surface area contributed by atoms with Gasteiger partial charge in [0.2, 0.25) is 0 Å². The van der Waals surface area contributed by atoms with Crippen LogP contribution < -0.4 is 10.6 Å². The number of aliphatic imine (C=N–C) groups is 1. The number of benzene rings is 1. The van der Waals surface area contributed by atoms with E-state index in [2.05, 4.69) is 36.7 Å². The van der Waals surface area contributed by atoms with Gasteiger partial charge in [0.15, 0.2) is 5.96 Å². The molecule has 0 fully saturated rings. The minimum absolute atomic E-state index is 0.161. The first-order valence-electron chi connectivity index (χ1n) is 8.46. The monoisotopic (exact) mass is 409 g/mol. The van der Waals surface area contributed by atoms with E-state index in [0.717, 1.165) is 48.5 Å². The third-order valence-electron chi connectivity index (χ3n) is 3.77. The molecule has 0 atom stereocenters. The first-order valence-corrected chi connectivity index (χ1v) is 9.25. The topological polar surface area (TPSA) is 54.2 Å². The second kappa shape index (κ2) is 10.2. The maximum Gasteiger partial charge on any atom is 0.190 e. The number of hydrogen-bond acceptors (Lipinski definition) is 2. The molecular weight excluding hydrogens is 385 g/mol. The Kier molecular flexibility index (Phi) is 7.91. The number of aromatic nitrogens is 2. The average molecular weight is 410 g/mol. The van der Waals surface area contributed by atoms with E-state index in [1.54, 1.807) is 7.05 Å². The number of nitrogens with zero attached hydrogens (tertiary/aromatic N) is 3. The highest BCUT2D eigenvalue weighted by Gasteiger charge is 2.03. The van der Waals surface area contributed by atoms with E-state index in [1.165, 1.54) is 11.6 Å². The van der Waals surface area contributed by atoms with Crippen molar-refractivity contribution in [2.45, 2.75) is 32.7 Å². The summed E-state index contributed by atoms with van der Waals surface area (Å²) in [6.45, 7) is 4.47. The van der Waals surface area contributed by atoms with E-state index in [4.69, 9.17) is 0 Å². The van der Waals surface area contributed by atoms with Crippen LogP contribution in [0.4, 0.5) is 4.39 Å². The van der Waals surface area contributed by atoms with Gasteiger partial charge in [0.05, 0.1) is 6.20 Å². The zero-order chi connectivity index (χ0) is 18.1. The minimum Gasteiger partial charge on any atom is -0.356 e. The average Bonchev–Trinajstić information content (AvgIpc) is 3.00. The molecule has 25 heavy (non-hydrogen) atoms. The van der Waals surface area contributed by atoms with Gasteiger partial charge < -0.3 is 10.6 Å². The standard InChI is InChI=1S/C18H25BrFN5/c1-14-12-24-25(13-14)10-4-9-23-18(21-2)22-8-3-5-15-6-7-16(19)11-17(15)20/h6-7,11-13H,3-5,8-10H2,1-2H3,(H2,21,22,23). The Hall–Kier alpha value is -1.89. The van der Waals surface area contributed by atoms with Crippen LogP contribution in [0.1, 0.15) is 24.0 Å². The van der Waals surface area contributed by atoms with Crippen molar-refractivity contribution in [1.82, 2.24) is 20.4 Å². The summed E-state index contributed by atoms with van der Waals surface area (Å²) >= 11 is 3.27. The number of rotatable bonds is 8. The summed E-state index contributed by atoms with van der Waals surface area (Å²) in [5.74, 6) is 0.610. The van der Waals surface area contributed by atoms with E-state index < -0.39 is 0 Å². The lowest BCUT2D eigenvalue weighted by Crippen LogP contribution is -2.38. The Morgan fingerprint density at radius 2 is 2.04 bits per heavy atom. The summed E-state index contributed by atoms with van der Waals surface area (Å²) in [4.78, 5) is 4.20. The normalized spacial score (nSPS) is 11.6. The summed E-state index contributed by atoms with van der Waals surface area (Å²) in [6, 6.07) is 5.20. The van der Waals surface area contributed by atoms with Gasteiger partial charge in [0.1, 0.15) is 5.82 Å². The van der Waals surface area contributed by atoms with Gasteiger partial charge in [0, 0.05) is 37.4 Å². The molecule has 0 bridgehead atoms. The molecule has 0 aliphatic rings. The second-order valence-corrected chi connectivity index (χ2v) is 6.82. The zero-order valence-electron chi connectivity index (χ0n) is 14.7. The van der Waals surface area contributed by atoms with Gasteiger partial charge in [-0.3, -0.25) is 9.67 Å². The minimum atomic E-state index is -0.161. The van der Waals surface area contributed by atoms with Crippen LogP contribution in [0.5, 0.6) is 0 Å². The van der Waals surface area contributed by atoms with Gasteiger partial charge >= 0.3 is 0 Å². The largest absolute Gasteiger partial charge is 0.356 e. The molecule has 0 spiro atoms. The van der Waals surface area contributed by atoms with Crippen LogP contribution in [-0.4, -0.2) is 35.9 Å².